The first-order valence-corrected chi connectivity index (χ1v) is 5.17. The minimum atomic E-state index is -0.114. The molecular formula is C13H16N2O. The number of carbonyl (C=O) groups is 1. The van der Waals surface area contributed by atoms with Crippen molar-refractivity contribution in [2.45, 2.75) is 20.3 Å². The van der Waals surface area contributed by atoms with Crippen LogP contribution in [0, 0.1) is 5.41 Å². The Hall–Kier alpha value is -1.90. The molecule has 0 aliphatic heterocycles. The summed E-state index contributed by atoms with van der Waals surface area (Å²) >= 11 is 0. The first-order valence-electron chi connectivity index (χ1n) is 5.17. The number of amides is 1. The number of benzene rings is 1. The van der Waals surface area contributed by atoms with E-state index in [4.69, 9.17) is 5.41 Å². The lowest BCUT2D eigenvalue weighted by Crippen LogP contribution is -2.21. The topological polar surface area (TPSA) is 53.0 Å². The van der Waals surface area contributed by atoms with Gasteiger partial charge in [-0.15, -0.1) is 0 Å². The Balaban J connectivity index is 2.58. The van der Waals surface area contributed by atoms with Crippen LogP contribution in [0.3, 0.4) is 0 Å². The number of carbonyl (C=O) groups excluding carboxylic acids is 1. The van der Waals surface area contributed by atoms with Crippen LogP contribution in [0.25, 0.3) is 0 Å². The molecule has 3 nitrogen and oxygen atoms in total. The number of allylic oxidation sites excluding steroid dienone is 2. The Morgan fingerprint density at radius 2 is 1.94 bits per heavy atom. The van der Waals surface area contributed by atoms with Crippen LogP contribution < -0.4 is 5.32 Å². The van der Waals surface area contributed by atoms with Gasteiger partial charge in [-0.2, -0.15) is 0 Å². The quantitative estimate of drug-likeness (QED) is 0.747. The highest BCUT2D eigenvalue weighted by atomic mass is 16.1. The van der Waals surface area contributed by atoms with Gasteiger partial charge in [0.25, 0.3) is 5.91 Å². The second-order valence-corrected chi connectivity index (χ2v) is 3.69. The van der Waals surface area contributed by atoms with Gasteiger partial charge in [0, 0.05) is 23.4 Å². The summed E-state index contributed by atoms with van der Waals surface area (Å²) in [5.74, 6) is -0.114. The van der Waals surface area contributed by atoms with Crippen LogP contribution in [-0.4, -0.2) is 11.6 Å². The van der Waals surface area contributed by atoms with E-state index in [1.165, 1.54) is 0 Å². The summed E-state index contributed by atoms with van der Waals surface area (Å²) in [7, 11) is 0. The highest BCUT2D eigenvalue weighted by molar-refractivity contribution is 5.95. The van der Waals surface area contributed by atoms with E-state index < -0.39 is 0 Å². The van der Waals surface area contributed by atoms with Gasteiger partial charge in [-0.1, -0.05) is 24.3 Å². The van der Waals surface area contributed by atoms with Gasteiger partial charge in [0.15, 0.2) is 0 Å². The molecule has 0 bridgehead atoms. The fraction of sp³-hybridized carbons (Fsp3) is 0.231. The molecule has 84 valence electrons. The summed E-state index contributed by atoms with van der Waals surface area (Å²) in [6, 6.07) is 9.07. The van der Waals surface area contributed by atoms with Gasteiger partial charge in [-0.25, -0.2) is 0 Å². The smallest absolute Gasteiger partial charge is 0.255 e. The molecule has 0 aromatic heterocycles. The third-order valence-corrected chi connectivity index (χ3v) is 2.06. The van der Waals surface area contributed by atoms with Crippen molar-refractivity contribution in [3.05, 3.63) is 47.7 Å². The second kappa shape index (κ2) is 5.85. The van der Waals surface area contributed by atoms with E-state index in [9.17, 15) is 4.79 Å². The number of hydrogen-bond acceptors (Lipinski definition) is 2. The highest BCUT2D eigenvalue weighted by Crippen LogP contribution is 2.00. The predicted octanol–water partition coefficient (Wildman–Crippen LogP) is 2.75. The molecule has 0 heterocycles. The largest absolute Gasteiger partial charge is 0.326 e. The Labute approximate surface area is 95.7 Å². The normalized spacial score (nSPS) is 11.0. The zero-order valence-electron chi connectivity index (χ0n) is 9.58. The highest BCUT2D eigenvalue weighted by Gasteiger charge is 2.03. The van der Waals surface area contributed by atoms with Crippen molar-refractivity contribution in [2.24, 2.45) is 0 Å². The molecule has 0 fully saturated rings. The molecule has 0 atom stereocenters. The van der Waals surface area contributed by atoms with E-state index in [-0.39, 0.29) is 5.91 Å². The van der Waals surface area contributed by atoms with Crippen molar-refractivity contribution in [3.8, 4) is 0 Å². The van der Waals surface area contributed by atoms with Crippen LogP contribution in [0.4, 0.5) is 0 Å². The molecule has 0 aliphatic rings. The predicted molar refractivity (Wildman–Crippen MR) is 65.7 cm³/mol. The Morgan fingerprint density at radius 1 is 1.31 bits per heavy atom. The first kappa shape index (κ1) is 12.2. The van der Waals surface area contributed by atoms with Crippen molar-refractivity contribution in [3.63, 3.8) is 0 Å². The van der Waals surface area contributed by atoms with Gasteiger partial charge < -0.3 is 10.7 Å². The second-order valence-electron chi connectivity index (χ2n) is 3.69. The summed E-state index contributed by atoms with van der Waals surface area (Å²) in [5, 5.41) is 10.1. The average Bonchev–Trinajstić information content (AvgIpc) is 2.27. The maximum Gasteiger partial charge on any atom is 0.255 e. The minimum Gasteiger partial charge on any atom is -0.326 e. The van der Waals surface area contributed by atoms with Gasteiger partial charge in [0.05, 0.1) is 0 Å². The van der Waals surface area contributed by atoms with Crippen LogP contribution >= 0.6 is 0 Å². The molecule has 16 heavy (non-hydrogen) atoms. The summed E-state index contributed by atoms with van der Waals surface area (Å²) in [4.78, 5) is 11.7. The average molecular weight is 216 g/mol. The van der Waals surface area contributed by atoms with Gasteiger partial charge in [-0.3, -0.25) is 4.79 Å². The molecule has 0 spiro atoms. The lowest BCUT2D eigenvalue weighted by Gasteiger charge is -2.05. The van der Waals surface area contributed by atoms with E-state index in [0.29, 0.717) is 17.7 Å². The maximum atomic E-state index is 11.7. The number of hydrogen-bond donors (Lipinski definition) is 2. The molecule has 0 unspecified atom stereocenters. The Morgan fingerprint density at radius 3 is 2.50 bits per heavy atom. The molecule has 0 saturated heterocycles. The molecule has 1 rings (SSSR count). The summed E-state index contributed by atoms with van der Waals surface area (Å²) < 4.78 is 0. The number of rotatable bonds is 4. The molecule has 3 heteroatoms. The van der Waals surface area contributed by atoms with E-state index >= 15 is 0 Å². The standard InChI is InChI=1S/C13H16N2O/c1-10(14)8-9-11(2)15-13(16)12-6-4-3-5-7-12/h3-7,9,14H,8H2,1-2H3,(H,15,16). The lowest BCUT2D eigenvalue weighted by atomic mass is 10.2. The van der Waals surface area contributed by atoms with E-state index in [0.717, 1.165) is 5.70 Å². The third kappa shape index (κ3) is 4.09. The van der Waals surface area contributed by atoms with Gasteiger partial charge in [-0.05, 0) is 26.0 Å². The zero-order valence-corrected chi connectivity index (χ0v) is 9.58. The molecule has 1 aromatic rings. The molecule has 0 saturated carbocycles. The monoisotopic (exact) mass is 216 g/mol. The van der Waals surface area contributed by atoms with Gasteiger partial charge in [0.2, 0.25) is 0 Å². The van der Waals surface area contributed by atoms with Crippen LogP contribution in [0.2, 0.25) is 0 Å². The van der Waals surface area contributed by atoms with E-state index in [1.807, 2.05) is 31.2 Å². The van der Waals surface area contributed by atoms with Crippen LogP contribution in [-0.2, 0) is 0 Å². The lowest BCUT2D eigenvalue weighted by molar-refractivity contribution is 0.0966. The van der Waals surface area contributed by atoms with Crippen molar-refractivity contribution in [1.82, 2.24) is 5.32 Å². The van der Waals surface area contributed by atoms with Gasteiger partial charge >= 0.3 is 0 Å². The molecule has 0 aliphatic carbocycles. The zero-order chi connectivity index (χ0) is 12.0. The summed E-state index contributed by atoms with van der Waals surface area (Å²) in [6.07, 6.45) is 2.41. The summed E-state index contributed by atoms with van der Waals surface area (Å²) in [5.41, 5.74) is 2.00. The molecular weight excluding hydrogens is 200 g/mol. The third-order valence-electron chi connectivity index (χ3n) is 2.06. The molecule has 2 N–H and O–H groups in total. The van der Waals surface area contributed by atoms with Crippen molar-refractivity contribution < 1.29 is 4.79 Å². The maximum absolute atomic E-state index is 11.7. The fourth-order valence-electron chi connectivity index (χ4n) is 1.20. The van der Waals surface area contributed by atoms with Crippen LogP contribution in [0.5, 0.6) is 0 Å². The molecule has 1 amide bonds. The Kier molecular flexibility index (Phi) is 4.45. The van der Waals surface area contributed by atoms with Crippen molar-refractivity contribution in [2.75, 3.05) is 0 Å². The number of nitrogens with one attached hydrogen (secondary N) is 2. The first-order chi connectivity index (χ1) is 7.59. The van der Waals surface area contributed by atoms with Crippen molar-refractivity contribution >= 4 is 11.6 Å². The minimum absolute atomic E-state index is 0.114. The summed E-state index contributed by atoms with van der Waals surface area (Å²) in [6.45, 7) is 3.56. The van der Waals surface area contributed by atoms with Crippen LogP contribution in [0.15, 0.2) is 42.1 Å². The fourth-order valence-corrected chi connectivity index (χ4v) is 1.20. The SMILES string of the molecule is CC(=N)CC=C(C)NC(=O)c1ccccc1. The van der Waals surface area contributed by atoms with Crippen molar-refractivity contribution in [1.29, 1.82) is 5.41 Å². The molecule has 0 radical (unpaired) electrons. The van der Waals surface area contributed by atoms with Crippen LogP contribution in [0.1, 0.15) is 30.6 Å². The van der Waals surface area contributed by atoms with E-state index in [1.54, 1.807) is 19.1 Å². The van der Waals surface area contributed by atoms with E-state index in [2.05, 4.69) is 5.32 Å². The molecule has 1 aromatic carbocycles. The van der Waals surface area contributed by atoms with Gasteiger partial charge in [0.1, 0.15) is 0 Å². The Bertz CT molecular complexity index is 407.